The Morgan fingerprint density at radius 2 is 1.84 bits per heavy atom. The average Bonchev–Trinajstić information content (AvgIpc) is 2.64. The van der Waals surface area contributed by atoms with Crippen molar-refractivity contribution in [2.45, 2.75) is 32.1 Å². The van der Waals surface area contributed by atoms with E-state index in [1.165, 1.54) is 5.56 Å². The number of aryl methyl sites for hydroxylation is 2. The van der Waals surface area contributed by atoms with E-state index in [1.807, 2.05) is 42.3 Å². The van der Waals surface area contributed by atoms with Crippen LogP contribution >= 0.6 is 0 Å². The highest BCUT2D eigenvalue weighted by Gasteiger charge is 2.24. The van der Waals surface area contributed by atoms with Crippen molar-refractivity contribution in [1.29, 1.82) is 0 Å². The third-order valence-corrected chi connectivity index (χ3v) is 5.25. The smallest absolute Gasteiger partial charge is 0.231 e. The predicted molar refractivity (Wildman–Crippen MR) is 99.0 cm³/mol. The molecule has 0 spiro atoms. The van der Waals surface area contributed by atoms with E-state index in [9.17, 15) is 9.59 Å². The Hall–Kier alpha value is -2.62. The molecule has 0 radical (unpaired) electrons. The first-order chi connectivity index (χ1) is 12.1. The highest BCUT2D eigenvalue weighted by molar-refractivity contribution is 5.97. The third kappa shape index (κ3) is 2.93. The van der Waals surface area contributed by atoms with Crippen LogP contribution in [0.15, 0.2) is 42.5 Å². The van der Waals surface area contributed by atoms with E-state index in [0.29, 0.717) is 12.8 Å². The summed E-state index contributed by atoms with van der Waals surface area (Å²) in [4.78, 5) is 28.3. The number of nitrogens with zero attached hydrogens (tertiary/aromatic N) is 2. The summed E-state index contributed by atoms with van der Waals surface area (Å²) in [7, 11) is 1.82. The molecule has 0 saturated heterocycles. The van der Waals surface area contributed by atoms with E-state index in [1.54, 1.807) is 4.90 Å². The molecule has 0 aromatic heterocycles. The monoisotopic (exact) mass is 334 g/mol. The number of anilines is 2. The largest absolute Gasteiger partial charge is 0.315 e. The molecule has 0 atom stereocenters. The molecule has 0 fully saturated rings. The van der Waals surface area contributed by atoms with E-state index in [0.717, 1.165) is 48.3 Å². The zero-order chi connectivity index (χ0) is 17.4. The highest BCUT2D eigenvalue weighted by Crippen LogP contribution is 2.29. The third-order valence-electron chi connectivity index (χ3n) is 5.25. The van der Waals surface area contributed by atoms with Gasteiger partial charge in [-0.1, -0.05) is 30.3 Å². The number of carbonyl (C=O) groups is 2. The summed E-state index contributed by atoms with van der Waals surface area (Å²) in [5.41, 5.74) is 5.46. The van der Waals surface area contributed by atoms with Crippen LogP contribution in [0, 0.1) is 0 Å². The average molecular weight is 334 g/mol. The molecular formula is C21H22N2O2. The summed E-state index contributed by atoms with van der Waals surface area (Å²) in [6.07, 6.45) is 3.76. The number of hydrogen-bond donors (Lipinski definition) is 0. The summed E-state index contributed by atoms with van der Waals surface area (Å²) in [6, 6.07) is 14.2. The van der Waals surface area contributed by atoms with Crippen molar-refractivity contribution >= 4 is 23.2 Å². The van der Waals surface area contributed by atoms with Crippen LogP contribution in [-0.2, 0) is 28.9 Å². The highest BCUT2D eigenvalue weighted by atomic mass is 16.2. The molecule has 0 N–H and O–H groups in total. The molecule has 0 aliphatic carbocycles. The van der Waals surface area contributed by atoms with Crippen molar-refractivity contribution in [3.8, 4) is 0 Å². The van der Waals surface area contributed by atoms with Crippen LogP contribution in [0.3, 0.4) is 0 Å². The second-order valence-electron chi connectivity index (χ2n) is 6.87. The van der Waals surface area contributed by atoms with Crippen molar-refractivity contribution < 1.29 is 9.59 Å². The minimum Gasteiger partial charge on any atom is -0.315 e. The number of para-hydroxylation sites is 1. The summed E-state index contributed by atoms with van der Waals surface area (Å²) < 4.78 is 0. The lowest BCUT2D eigenvalue weighted by molar-refractivity contribution is -0.119. The maximum atomic E-state index is 12.9. The van der Waals surface area contributed by atoms with Gasteiger partial charge in [-0.05, 0) is 48.1 Å². The molecule has 2 aromatic rings. The number of carbonyl (C=O) groups excluding carboxylic acids is 2. The lowest BCUT2D eigenvalue weighted by Gasteiger charge is -2.30. The van der Waals surface area contributed by atoms with Crippen LogP contribution in [-0.4, -0.2) is 25.4 Å². The van der Waals surface area contributed by atoms with E-state index in [4.69, 9.17) is 0 Å². The normalized spacial score (nSPS) is 16.4. The minimum absolute atomic E-state index is 0.146. The van der Waals surface area contributed by atoms with Gasteiger partial charge in [-0.2, -0.15) is 0 Å². The molecular weight excluding hydrogens is 312 g/mol. The van der Waals surface area contributed by atoms with Gasteiger partial charge >= 0.3 is 0 Å². The van der Waals surface area contributed by atoms with Crippen molar-refractivity contribution in [3.05, 3.63) is 59.2 Å². The lowest BCUT2D eigenvalue weighted by Crippen LogP contribution is -2.36. The zero-order valence-corrected chi connectivity index (χ0v) is 14.5. The zero-order valence-electron chi connectivity index (χ0n) is 14.5. The Morgan fingerprint density at radius 3 is 2.72 bits per heavy atom. The molecule has 4 rings (SSSR count). The van der Waals surface area contributed by atoms with Crippen molar-refractivity contribution in [3.63, 3.8) is 0 Å². The summed E-state index contributed by atoms with van der Waals surface area (Å²) in [5.74, 6) is 0.300. The number of amides is 2. The van der Waals surface area contributed by atoms with Gasteiger partial charge in [0.2, 0.25) is 11.8 Å². The summed E-state index contributed by atoms with van der Waals surface area (Å²) in [5, 5.41) is 0. The van der Waals surface area contributed by atoms with Gasteiger partial charge in [0.15, 0.2) is 0 Å². The molecule has 0 saturated carbocycles. The van der Waals surface area contributed by atoms with Crippen LogP contribution in [0.1, 0.15) is 29.5 Å². The first-order valence-electron chi connectivity index (χ1n) is 8.90. The first-order valence-corrected chi connectivity index (χ1v) is 8.90. The van der Waals surface area contributed by atoms with Crippen LogP contribution in [0.2, 0.25) is 0 Å². The second-order valence-corrected chi connectivity index (χ2v) is 6.87. The predicted octanol–water partition coefficient (Wildman–Crippen LogP) is 3.12. The Labute approximate surface area is 148 Å². The molecule has 2 aliphatic rings. The Balaban J connectivity index is 1.55. The fraction of sp³-hybridized carbons (Fsp3) is 0.333. The molecule has 2 aromatic carbocycles. The summed E-state index contributed by atoms with van der Waals surface area (Å²) in [6.45, 7) is 0.790. The van der Waals surface area contributed by atoms with Crippen molar-refractivity contribution in [2.75, 3.05) is 23.4 Å². The van der Waals surface area contributed by atoms with Crippen LogP contribution in [0.25, 0.3) is 0 Å². The molecule has 2 heterocycles. The molecule has 25 heavy (non-hydrogen) atoms. The van der Waals surface area contributed by atoms with Gasteiger partial charge in [-0.15, -0.1) is 0 Å². The Bertz CT molecular complexity index is 844. The second kappa shape index (κ2) is 6.36. The van der Waals surface area contributed by atoms with Gasteiger partial charge in [0.1, 0.15) is 0 Å². The molecule has 2 amide bonds. The lowest BCUT2D eigenvalue weighted by atomic mass is 9.97. The van der Waals surface area contributed by atoms with Crippen LogP contribution < -0.4 is 9.80 Å². The van der Waals surface area contributed by atoms with Gasteiger partial charge in [0.25, 0.3) is 0 Å². The van der Waals surface area contributed by atoms with Gasteiger partial charge < -0.3 is 9.80 Å². The fourth-order valence-corrected chi connectivity index (χ4v) is 3.88. The maximum absolute atomic E-state index is 12.9. The molecule has 128 valence electrons. The number of fused-ring (bicyclic) bond motifs is 2. The molecule has 2 aliphatic heterocycles. The number of benzene rings is 2. The van der Waals surface area contributed by atoms with Gasteiger partial charge in [0, 0.05) is 31.4 Å². The topological polar surface area (TPSA) is 40.6 Å². The molecule has 0 bridgehead atoms. The van der Waals surface area contributed by atoms with Crippen molar-refractivity contribution in [2.24, 2.45) is 0 Å². The van der Waals surface area contributed by atoms with Crippen molar-refractivity contribution in [1.82, 2.24) is 0 Å². The fourth-order valence-electron chi connectivity index (χ4n) is 3.88. The Morgan fingerprint density at radius 1 is 1.00 bits per heavy atom. The Kier molecular flexibility index (Phi) is 4.04. The minimum atomic E-state index is 0.146. The maximum Gasteiger partial charge on any atom is 0.231 e. The SMILES string of the molecule is CN1C(=O)CCc2cc(CC(=O)N3CCCc4ccccc43)ccc21. The molecule has 4 nitrogen and oxygen atoms in total. The van der Waals surface area contributed by atoms with Gasteiger partial charge in [-0.25, -0.2) is 0 Å². The molecule has 0 unspecified atom stereocenters. The van der Waals surface area contributed by atoms with E-state index in [-0.39, 0.29) is 11.8 Å². The van der Waals surface area contributed by atoms with Gasteiger partial charge in [0.05, 0.1) is 6.42 Å². The van der Waals surface area contributed by atoms with Crippen LogP contribution in [0.4, 0.5) is 11.4 Å². The van der Waals surface area contributed by atoms with E-state index >= 15 is 0 Å². The number of rotatable bonds is 2. The van der Waals surface area contributed by atoms with E-state index in [2.05, 4.69) is 12.1 Å². The standard InChI is InChI=1S/C21H22N2O2/c1-22-18-10-8-15(13-17(18)9-11-20(22)24)14-21(25)23-12-4-6-16-5-2-3-7-19(16)23/h2-3,5,7-8,10,13H,4,6,9,11-12,14H2,1H3. The summed E-state index contributed by atoms with van der Waals surface area (Å²) >= 11 is 0. The van der Waals surface area contributed by atoms with Gasteiger partial charge in [-0.3, -0.25) is 9.59 Å². The van der Waals surface area contributed by atoms with E-state index < -0.39 is 0 Å². The quantitative estimate of drug-likeness (QED) is 0.847. The van der Waals surface area contributed by atoms with Crippen LogP contribution in [0.5, 0.6) is 0 Å². The molecule has 4 heteroatoms. The number of hydrogen-bond acceptors (Lipinski definition) is 2. The first kappa shape index (κ1) is 15.9.